The topological polar surface area (TPSA) is 137 Å². The number of aliphatic carboxylic acids is 1. The van der Waals surface area contributed by atoms with Crippen LogP contribution < -0.4 is 10.2 Å². The normalized spacial score (nSPS) is 21.1. The molecule has 11 heteroatoms. The zero-order valence-corrected chi connectivity index (χ0v) is 28.4. The molecule has 0 bridgehead atoms. The fourth-order valence-electron chi connectivity index (χ4n) is 6.58. The summed E-state index contributed by atoms with van der Waals surface area (Å²) < 4.78 is 13.5. The van der Waals surface area contributed by atoms with Crippen molar-refractivity contribution < 1.29 is 29.3 Å². The molecule has 3 aromatic carbocycles. The van der Waals surface area contributed by atoms with Crippen LogP contribution in [0.15, 0.2) is 91.3 Å². The van der Waals surface area contributed by atoms with E-state index in [1.807, 2.05) is 60.7 Å². The lowest BCUT2D eigenvalue weighted by molar-refractivity contribution is -0.276. The van der Waals surface area contributed by atoms with Gasteiger partial charge >= 0.3 is 5.97 Å². The predicted octanol–water partition coefficient (Wildman–Crippen LogP) is 5.12. The second kappa shape index (κ2) is 16.8. The molecule has 4 aromatic rings. The van der Waals surface area contributed by atoms with Gasteiger partial charge in [0.15, 0.2) is 6.29 Å². The van der Waals surface area contributed by atoms with Crippen molar-refractivity contribution >= 4 is 17.8 Å². The van der Waals surface area contributed by atoms with Crippen LogP contribution in [0, 0.1) is 5.92 Å². The van der Waals surface area contributed by atoms with Gasteiger partial charge in [0.1, 0.15) is 0 Å². The fraction of sp³-hybridized carbons (Fsp3) is 0.385. The molecule has 1 amide bonds. The zero-order valence-electron chi connectivity index (χ0n) is 28.4. The number of carboxylic acid groups (broad SMARTS) is 1. The van der Waals surface area contributed by atoms with Gasteiger partial charge in [-0.15, -0.1) is 0 Å². The van der Waals surface area contributed by atoms with Crippen LogP contribution in [-0.2, 0) is 32.2 Å². The second-order valence-corrected chi connectivity index (χ2v) is 13.0. The van der Waals surface area contributed by atoms with Crippen LogP contribution in [-0.4, -0.2) is 75.8 Å². The smallest absolute Gasteiger partial charge is 0.303 e. The number of benzene rings is 3. The Kier molecular flexibility index (Phi) is 11.8. The molecule has 0 saturated carbocycles. The Hall–Kier alpha value is -4.68. The quantitative estimate of drug-likeness (QED) is 0.175. The number of rotatable bonds is 13. The molecule has 0 aliphatic carbocycles. The molecule has 2 aliphatic rings. The van der Waals surface area contributed by atoms with E-state index in [0.717, 1.165) is 72.1 Å². The van der Waals surface area contributed by atoms with Crippen LogP contribution in [0.3, 0.4) is 0 Å². The van der Waals surface area contributed by atoms with Crippen LogP contribution in [0.25, 0.3) is 11.1 Å². The summed E-state index contributed by atoms with van der Waals surface area (Å²) in [4.78, 5) is 36.5. The monoisotopic (exact) mass is 679 g/mol. The van der Waals surface area contributed by atoms with E-state index in [1.54, 1.807) is 12.4 Å². The summed E-state index contributed by atoms with van der Waals surface area (Å²) in [5.74, 6) is -0.234. The number of aliphatic hydroxyl groups is 1. The molecule has 2 aliphatic heterocycles. The molecule has 50 heavy (non-hydrogen) atoms. The minimum atomic E-state index is -0.900. The Balaban J connectivity index is 1.17. The SMILES string of the molecule is C[C@H]1[C@@H](CN2CCN(c3ncccn3)CC2)O[C@@H](c2cccc(-c3cccc(CNC(=O)CCCC(=O)O)c3)c2)O[C@H]1c1ccc(CO)cc1. The predicted molar refractivity (Wildman–Crippen MR) is 189 cm³/mol. The van der Waals surface area contributed by atoms with Crippen LogP contribution >= 0.6 is 0 Å². The Morgan fingerprint density at radius 2 is 1.56 bits per heavy atom. The highest BCUT2D eigenvalue weighted by atomic mass is 16.7. The van der Waals surface area contributed by atoms with E-state index in [9.17, 15) is 14.7 Å². The van der Waals surface area contributed by atoms with E-state index >= 15 is 0 Å². The second-order valence-electron chi connectivity index (χ2n) is 13.0. The minimum absolute atomic E-state index is 0.0110. The maximum absolute atomic E-state index is 12.2. The van der Waals surface area contributed by atoms with Crippen molar-refractivity contribution in [3.63, 3.8) is 0 Å². The summed E-state index contributed by atoms with van der Waals surface area (Å²) in [7, 11) is 0. The lowest BCUT2D eigenvalue weighted by atomic mass is 9.89. The van der Waals surface area contributed by atoms with E-state index in [1.165, 1.54) is 0 Å². The zero-order chi connectivity index (χ0) is 34.9. The van der Waals surface area contributed by atoms with E-state index < -0.39 is 12.3 Å². The number of aliphatic hydroxyl groups excluding tert-OH is 1. The molecule has 0 unspecified atom stereocenters. The van der Waals surface area contributed by atoms with Crippen molar-refractivity contribution in [2.45, 2.75) is 57.8 Å². The number of carbonyl (C=O) groups is 2. The van der Waals surface area contributed by atoms with Gasteiger partial charge in [0.25, 0.3) is 0 Å². The summed E-state index contributed by atoms with van der Waals surface area (Å²) in [5.41, 5.74) is 5.77. The summed E-state index contributed by atoms with van der Waals surface area (Å²) in [6.45, 7) is 6.73. The lowest BCUT2D eigenvalue weighted by Crippen LogP contribution is -2.51. The fourth-order valence-corrected chi connectivity index (χ4v) is 6.58. The number of aromatic nitrogens is 2. The third kappa shape index (κ3) is 9.10. The number of carboxylic acids is 1. The molecule has 0 spiro atoms. The Morgan fingerprint density at radius 1 is 0.840 bits per heavy atom. The Bertz CT molecular complexity index is 1710. The Labute approximate surface area is 292 Å². The van der Waals surface area contributed by atoms with Crippen molar-refractivity contribution in [1.29, 1.82) is 0 Å². The van der Waals surface area contributed by atoms with Crippen molar-refractivity contribution in [3.8, 4) is 11.1 Å². The molecular formula is C39H45N5O6. The van der Waals surface area contributed by atoms with Gasteiger partial charge in [-0.2, -0.15) is 0 Å². The molecule has 1 aromatic heterocycles. The summed E-state index contributed by atoms with van der Waals surface area (Å²) in [6.07, 6.45) is 3.13. The average Bonchev–Trinajstić information content (AvgIpc) is 3.15. The van der Waals surface area contributed by atoms with Crippen LogP contribution in [0.4, 0.5) is 5.95 Å². The maximum atomic E-state index is 12.2. The molecule has 11 nitrogen and oxygen atoms in total. The molecule has 2 fully saturated rings. The van der Waals surface area contributed by atoms with E-state index in [4.69, 9.17) is 14.6 Å². The average molecular weight is 680 g/mol. The summed E-state index contributed by atoms with van der Waals surface area (Å²) >= 11 is 0. The molecule has 3 N–H and O–H groups in total. The van der Waals surface area contributed by atoms with Crippen LogP contribution in [0.5, 0.6) is 0 Å². The van der Waals surface area contributed by atoms with Crippen LogP contribution in [0.1, 0.15) is 60.8 Å². The first-order valence-corrected chi connectivity index (χ1v) is 17.3. The van der Waals surface area contributed by atoms with Crippen LogP contribution in [0.2, 0.25) is 0 Å². The summed E-state index contributed by atoms with van der Waals surface area (Å²) in [6, 6.07) is 26.0. The molecule has 6 rings (SSSR count). The van der Waals surface area contributed by atoms with Gasteiger partial charge in [0.05, 0.1) is 18.8 Å². The van der Waals surface area contributed by atoms with Gasteiger partial charge < -0.3 is 29.9 Å². The minimum Gasteiger partial charge on any atom is -0.481 e. The molecule has 4 atom stereocenters. The number of ether oxygens (including phenoxy) is 2. The number of hydrogen-bond acceptors (Lipinski definition) is 9. The largest absolute Gasteiger partial charge is 0.481 e. The first-order valence-electron chi connectivity index (χ1n) is 17.3. The maximum Gasteiger partial charge on any atom is 0.303 e. The molecule has 262 valence electrons. The van der Waals surface area contributed by atoms with Gasteiger partial charge in [0, 0.05) is 76.0 Å². The number of hydrogen-bond donors (Lipinski definition) is 3. The number of anilines is 1. The summed E-state index contributed by atoms with van der Waals surface area (Å²) in [5, 5.41) is 21.4. The molecule has 3 heterocycles. The highest BCUT2D eigenvalue weighted by Gasteiger charge is 2.39. The number of carbonyl (C=O) groups excluding carboxylic acids is 1. The van der Waals surface area contributed by atoms with Gasteiger partial charge in [-0.1, -0.05) is 67.6 Å². The molecular weight excluding hydrogens is 634 g/mol. The number of nitrogens with one attached hydrogen (secondary N) is 1. The van der Waals surface area contributed by atoms with Gasteiger partial charge in [-0.05, 0) is 52.4 Å². The Morgan fingerprint density at radius 3 is 2.28 bits per heavy atom. The highest BCUT2D eigenvalue weighted by Crippen LogP contribution is 2.42. The number of nitrogens with zero attached hydrogens (tertiary/aromatic N) is 4. The van der Waals surface area contributed by atoms with E-state index in [0.29, 0.717) is 13.0 Å². The van der Waals surface area contributed by atoms with Gasteiger partial charge in [-0.3, -0.25) is 14.5 Å². The lowest BCUT2D eigenvalue weighted by Gasteiger charge is -2.44. The van der Waals surface area contributed by atoms with Gasteiger partial charge in [0.2, 0.25) is 11.9 Å². The third-order valence-corrected chi connectivity index (χ3v) is 9.47. The van der Waals surface area contributed by atoms with Gasteiger partial charge in [-0.25, -0.2) is 9.97 Å². The third-order valence-electron chi connectivity index (χ3n) is 9.47. The highest BCUT2D eigenvalue weighted by molar-refractivity contribution is 5.76. The first kappa shape index (κ1) is 35.2. The molecule has 2 saturated heterocycles. The van der Waals surface area contributed by atoms with Crippen molar-refractivity contribution in [1.82, 2.24) is 20.2 Å². The van der Waals surface area contributed by atoms with Crippen molar-refractivity contribution in [2.24, 2.45) is 5.92 Å². The molecule has 0 radical (unpaired) electrons. The van der Waals surface area contributed by atoms with E-state index in [2.05, 4.69) is 50.2 Å². The first-order chi connectivity index (χ1) is 24.4. The number of piperazine rings is 1. The standard InChI is InChI=1S/C39H45N5O6/c1-27-34(25-43-18-20-44(21-19-43)39-40-16-5-17-41-39)49-38(50-37(27)30-14-12-28(26-45)13-15-30)33-9-3-8-32(23-33)31-7-2-6-29(22-31)24-42-35(46)10-4-11-36(47)48/h2-3,5-9,12-17,22-23,27,34,37-38,45H,4,10-11,18-21,24-26H2,1H3,(H,42,46)(H,47,48)/t27-,34+,37+,38+/m0/s1. The van der Waals surface area contributed by atoms with E-state index in [-0.39, 0.29) is 43.5 Å². The van der Waals surface area contributed by atoms with Crippen molar-refractivity contribution in [3.05, 3.63) is 114 Å². The van der Waals surface area contributed by atoms with Crippen molar-refractivity contribution in [2.75, 3.05) is 37.6 Å². The number of amides is 1.